The fraction of sp³-hybridized carbons (Fsp3) is 0.400. The predicted molar refractivity (Wildman–Crippen MR) is 51.7 cm³/mol. The first-order valence-corrected chi connectivity index (χ1v) is 4.34. The summed E-state index contributed by atoms with van der Waals surface area (Å²) in [5, 5.41) is 20.3. The SMILES string of the molecule is C[N@@+]([O-])(CCO)Cc1ccccc1. The number of quaternary nitrogens is 1. The van der Waals surface area contributed by atoms with Crippen LogP contribution in [-0.4, -0.2) is 30.0 Å². The summed E-state index contributed by atoms with van der Waals surface area (Å²) < 4.78 is -0.416. The lowest BCUT2D eigenvalue weighted by molar-refractivity contribution is -0.874. The van der Waals surface area contributed by atoms with Gasteiger partial charge in [0.25, 0.3) is 0 Å². The number of hydroxylamine groups is 3. The van der Waals surface area contributed by atoms with Crippen molar-refractivity contribution in [2.45, 2.75) is 6.54 Å². The summed E-state index contributed by atoms with van der Waals surface area (Å²) in [5.74, 6) is 0. The Balaban J connectivity index is 2.58. The summed E-state index contributed by atoms with van der Waals surface area (Å²) in [4.78, 5) is 0. The largest absolute Gasteiger partial charge is 0.633 e. The van der Waals surface area contributed by atoms with Crippen molar-refractivity contribution in [1.82, 2.24) is 0 Å². The summed E-state index contributed by atoms with van der Waals surface area (Å²) in [7, 11) is 1.57. The Morgan fingerprint density at radius 3 is 2.46 bits per heavy atom. The van der Waals surface area contributed by atoms with Gasteiger partial charge in [0.15, 0.2) is 0 Å². The summed E-state index contributed by atoms with van der Waals surface area (Å²) in [6.45, 7) is 0.600. The molecule has 1 rings (SSSR count). The van der Waals surface area contributed by atoms with Gasteiger partial charge in [0.2, 0.25) is 0 Å². The smallest absolute Gasteiger partial charge is 0.104 e. The fourth-order valence-electron chi connectivity index (χ4n) is 1.26. The van der Waals surface area contributed by atoms with Gasteiger partial charge < -0.3 is 15.0 Å². The number of hydrogen-bond donors (Lipinski definition) is 1. The summed E-state index contributed by atoms with van der Waals surface area (Å²) in [5.41, 5.74) is 1.01. The predicted octanol–water partition coefficient (Wildman–Crippen LogP) is 1.12. The topological polar surface area (TPSA) is 43.3 Å². The van der Waals surface area contributed by atoms with Crippen LogP contribution in [0.5, 0.6) is 0 Å². The number of aliphatic hydroxyl groups is 1. The van der Waals surface area contributed by atoms with Crippen molar-refractivity contribution in [3.05, 3.63) is 41.1 Å². The highest BCUT2D eigenvalue weighted by atomic mass is 16.5. The molecule has 3 nitrogen and oxygen atoms in total. The molecule has 0 saturated heterocycles. The van der Waals surface area contributed by atoms with Crippen molar-refractivity contribution < 1.29 is 9.75 Å². The van der Waals surface area contributed by atoms with Gasteiger partial charge in [-0.05, 0) is 0 Å². The highest BCUT2D eigenvalue weighted by molar-refractivity contribution is 5.13. The molecule has 0 saturated carbocycles. The van der Waals surface area contributed by atoms with Gasteiger partial charge >= 0.3 is 0 Å². The van der Waals surface area contributed by atoms with Crippen LogP contribution in [0, 0.1) is 5.21 Å². The van der Waals surface area contributed by atoms with Crippen LogP contribution in [0.2, 0.25) is 0 Å². The summed E-state index contributed by atoms with van der Waals surface area (Å²) in [6.07, 6.45) is 0. The van der Waals surface area contributed by atoms with Gasteiger partial charge in [0.1, 0.15) is 13.1 Å². The molecule has 1 atom stereocenters. The average molecular weight is 181 g/mol. The molecule has 1 aromatic rings. The van der Waals surface area contributed by atoms with E-state index >= 15 is 0 Å². The van der Waals surface area contributed by atoms with Crippen molar-refractivity contribution in [2.24, 2.45) is 0 Å². The third kappa shape index (κ3) is 3.55. The first kappa shape index (κ1) is 10.2. The second-order valence-electron chi connectivity index (χ2n) is 3.39. The van der Waals surface area contributed by atoms with Gasteiger partial charge in [0, 0.05) is 5.56 Å². The first-order valence-electron chi connectivity index (χ1n) is 4.34. The van der Waals surface area contributed by atoms with E-state index in [1.54, 1.807) is 7.05 Å². The second-order valence-corrected chi connectivity index (χ2v) is 3.39. The third-order valence-corrected chi connectivity index (χ3v) is 1.93. The number of aliphatic hydroxyl groups excluding tert-OH is 1. The molecule has 0 aliphatic rings. The highest BCUT2D eigenvalue weighted by Gasteiger charge is 2.09. The summed E-state index contributed by atoms with van der Waals surface area (Å²) >= 11 is 0. The van der Waals surface area contributed by atoms with Crippen molar-refractivity contribution in [3.8, 4) is 0 Å². The van der Waals surface area contributed by atoms with E-state index in [-0.39, 0.29) is 13.2 Å². The number of rotatable bonds is 4. The normalized spacial score (nSPS) is 15.3. The number of hydrogen-bond acceptors (Lipinski definition) is 2. The van der Waals surface area contributed by atoms with Gasteiger partial charge in [-0.3, -0.25) is 0 Å². The minimum absolute atomic E-state index is 0.0627. The molecule has 0 aliphatic carbocycles. The minimum atomic E-state index is -0.416. The zero-order valence-electron chi connectivity index (χ0n) is 7.81. The van der Waals surface area contributed by atoms with E-state index in [2.05, 4.69) is 0 Å². The highest BCUT2D eigenvalue weighted by Crippen LogP contribution is 2.08. The van der Waals surface area contributed by atoms with Gasteiger partial charge in [-0.2, -0.15) is 0 Å². The fourth-order valence-corrected chi connectivity index (χ4v) is 1.26. The monoisotopic (exact) mass is 181 g/mol. The second kappa shape index (κ2) is 4.37. The molecule has 0 heterocycles. The molecule has 0 aromatic heterocycles. The molecule has 0 fully saturated rings. The quantitative estimate of drug-likeness (QED) is 0.559. The minimum Gasteiger partial charge on any atom is -0.633 e. The van der Waals surface area contributed by atoms with Crippen molar-refractivity contribution in [3.63, 3.8) is 0 Å². The van der Waals surface area contributed by atoms with Crippen molar-refractivity contribution >= 4 is 0 Å². The number of nitrogens with zero attached hydrogens (tertiary/aromatic N) is 1. The Kier molecular flexibility index (Phi) is 3.42. The van der Waals surface area contributed by atoms with Crippen molar-refractivity contribution in [1.29, 1.82) is 0 Å². The van der Waals surface area contributed by atoms with Crippen LogP contribution in [0.4, 0.5) is 0 Å². The average Bonchev–Trinajstić information content (AvgIpc) is 2.04. The van der Waals surface area contributed by atoms with E-state index in [4.69, 9.17) is 5.11 Å². The van der Waals surface area contributed by atoms with Crippen LogP contribution < -0.4 is 0 Å². The zero-order chi connectivity index (χ0) is 9.73. The molecular formula is C10H15NO2. The first-order chi connectivity index (χ1) is 6.14. The van der Waals surface area contributed by atoms with Crippen molar-refractivity contribution in [2.75, 3.05) is 20.2 Å². The van der Waals surface area contributed by atoms with Crippen LogP contribution in [0.1, 0.15) is 5.56 Å². The molecule has 1 N–H and O–H groups in total. The Bertz CT molecular complexity index is 246. The standard InChI is InChI=1S/C10H15NO2/c1-11(13,7-8-12)9-10-5-3-2-4-6-10/h2-6,12H,7-9H2,1H3/t11-/m1/s1. The van der Waals surface area contributed by atoms with Crippen LogP contribution in [-0.2, 0) is 6.54 Å². The van der Waals surface area contributed by atoms with E-state index in [0.717, 1.165) is 5.56 Å². The number of likely N-dealkylation sites (N-methyl/N-ethyl adjacent to an activating group) is 1. The summed E-state index contributed by atoms with van der Waals surface area (Å²) in [6, 6.07) is 9.59. The van der Waals surface area contributed by atoms with E-state index in [0.29, 0.717) is 6.54 Å². The Hall–Kier alpha value is -0.900. The van der Waals surface area contributed by atoms with Crippen LogP contribution in [0.3, 0.4) is 0 Å². The Morgan fingerprint density at radius 2 is 1.92 bits per heavy atom. The maximum absolute atomic E-state index is 11.6. The van der Waals surface area contributed by atoms with E-state index in [1.807, 2.05) is 30.3 Å². The van der Waals surface area contributed by atoms with E-state index in [9.17, 15) is 5.21 Å². The molecule has 13 heavy (non-hydrogen) atoms. The maximum Gasteiger partial charge on any atom is 0.104 e. The molecule has 0 radical (unpaired) electrons. The molecule has 1 aromatic carbocycles. The number of benzene rings is 1. The van der Waals surface area contributed by atoms with Gasteiger partial charge in [-0.1, -0.05) is 30.3 Å². The molecule has 3 heteroatoms. The van der Waals surface area contributed by atoms with Crippen LogP contribution in [0.15, 0.2) is 30.3 Å². The third-order valence-electron chi connectivity index (χ3n) is 1.93. The molecule has 0 amide bonds. The van der Waals surface area contributed by atoms with Crippen LogP contribution in [0.25, 0.3) is 0 Å². The lowest BCUT2D eigenvalue weighted by Gasteiger charge is -2.38. The molecule has 0 aliphatic heterocycles. The van der Waals surface area contributed by atoms with E-state index in [1.165, 1.54) is 0 Å². The van der Waals surface area contributed by atoms with E-state index < -0.39 is 4.65 Å². The molecular weight excluding hydrogens is 166 g/mol. The Labute approximate surface area is 78.4 Å². The van der Waals surface area contributed by atoms with Crippen LogP contribution >= 0.6 is 0 Å². The van der Waals surface area contributed by atoms with Gasteiger partial charge in [0.05, 0.1) is 13.7 Å². The molecule has 0 unspecified atom stereocenters. The maximum atomic E-state index is 11.6. The lowest BCUT2D eigenvalue weighted by atomic mass is 10.2. The Morgan fingerprint density at radius 1 is 1.31 bits per heavy atom. The van der Waals surface area contributed by atoms with Gasteiger partial charge in [-0.25, -0.2) is 0 Å². The lowest BCUT2D eigenvalue weighted by Crippen LogP contribution is -2.39. The molecule has 0 bridgehead atoms. The zero-order valence-corrected chi connectivity index (χ0v) is 7.81. The van der Waals surface area contributed by atoms with Gasteiger partial charge in [-0.15, -0.1) is 0 Å². The molecule has 72 valence electrons. The molecule has 0 spiro atoms.